The Kier molecular flexibility index (Phi) is 5.99. The number of allylic oxidation sites excluding steroid dienone is 1. The SMILES string of the molecule is COc1cc(NC(=O)C2(c3ccc4c(c3)OC(F)(F)O4)CC2)cc2c1C(C[C@@H](O)CO)C(C(C)(C)C)=C2. The number of carbonyl (C=O) groups excluding carboxylic acids is 1. The maximum Gasteiger partial charge on any atom is 0.586 e. The first kappa shape index (κ1) is 25.5. The van der Waals surface area contributed by atoms with E-state index < -0.39 is 17.8 Å². The maximum atomic E-state index is 13.5. The van der Waals surface area contributed by atoms with E-state index in [-0.39, 0.29) is 35.3 Å². The molecule has 7 nitrogen and oxygen atoms in total. The fourth-order valence-corrected chi connectivity index (χ4v) is 5.41. The summed E-state index contributed by atoms with van der Waals surface area (Å²) in [5.74, 6) is 0.0461. The number of hydrogen-bond acceptors (Lipinski definition) is 6. The van der Waals surface area contributed by atoms with E-state index >= 15 is 0 Å². The van der Waals surface area contributed by atoms with Crippen molar-refractivity contribution in [3.8, 4) is 17.2 Å². The fraction of sp³-hybridized carbons (Fsp3) is 0.464. The molecule has 3 aliphatic rings. The minimum Gasteiger partial charge on any atom is -0.496 e. The number of anilines is 1. The van der Waals surface area contributed by atoms with Crippen LogP contribution >= 0.6 is 0 Å². The van der Waals surface area contributed by atoms with Crippen molar-refractivity contribution in [3.05, 3.63) is 52.6 Å². The van der Waals surface area contributed by atoms with E-state index in [0.29, 0.717) is 36.3 Å². The van der Waals surface area contributed by atoms with Crippen LogP contribution in [-0.4, -0.2) is 42.2 Å². The molecule has 1 unspecified atom stereocenters. The van der Waals surface area contributed by atoms with Crippen molar-refractivity contribution in [2.75, 3.05) is 19.0 Å². The number of nitrogens with one attached hydrogen (secondary N) is 1. The molecule has 198 valence electrons. The third kappa shape index (κ3) is 4.55. The van der Waals surface area contributed by atoms with Gasteiger partial charge < -0.3 is 29.7 Å². The molecular weight excluding hydrogens is 484 g/mol. The molecular formula is C28H31F2NO6. The van der Waals surface area contributed by atoms with E-state index in [2.05, 4.69) is 41.6 Å². The molecule has 3 N–H and O–H groups in total. The van der Waals surface area contributed by atoms with Crippen molar-refractivity contribution in [3.63, 3.8) is 0 Å². The number of hydrogen-bond donors (Lipinski definition) is 3. The lowest BCUT2D eigenvalue weighted by Gasteiger charge is -2.29. The van der Waals surface area contributed by atoms with Gasteiger partial charge in [-0.1, -0.05) is 38.5 Å². The lowest BCUT2D eigenvalue weighted by atomic mass is 9.77. The van der Waals surface area contributed by atoms with E-state index in [4.69, 9.17) is 4.74 Å². The molecule has 2 atom stereocenters. The Labute approximate surface area is 214 Å². The van der Waals surface area contributed by atoms with E-state index in [1.54, 1.807) is 19.2 Å². The first-order valence-corrected chi connectivity index (χ1v) is 12.3. The molecule has 2 aliphatic carbocycles. The Morgan fingerprint density at radius 1 is 1.19 bits per heavy atom. The molecule has 37 heavy (non-hydrogen) atoms. The molecule has 1 amide bonds. The predicted molar refractivity (Wildman–Crippen MR) is 133 cm³/mol. The van der Waals surface area contributed by atoms with Gasteiger partial charge in [0, 0.05) is 23.2 Å². The standard InChI is InChI=1S/C28H31F2NO6/c1-26(2,3)20-10-15-9-17(12-23(35-4)24(15)19(20)13-18(33)14-32)31-25(34)27(7-8-27)16-5-6-21-22(11-16)37-28(29,30)36-21/h5-6,9-12,18-19,32-33H,7-8,13-14H2,1-4H3,(H,31,34)/t18-,19?/m1/s1. The minimum absolute atomic E-state index is 0.0596. The molecule has 0 radical (unpaired) electrons. The van der Waals surface area contributed by atoms with Gasteiger partial charge in [0.1, 0.15) is 5.75 Å². The monoisotopic (exact) mass is 515 g/mol. The summed E-state index contributed by atoms with van der Waals surface area (Å²) in [6.45, 7) is 5.95. The molecule has 1 saturated carbocycles. The molecule has 1 heterocycles. The largest absolute Gasteiger partial charge is 0.586 e. The molecule has 0 saturated heterocycles. The quantitative estimate of drug-likeness (QED) is 0.483. The van der Waals surface area contributed by atoms with E-state index in [9.17, 15) is 23.8 Å². The molecule has 0 bridgehead atoms. The average Bonchev–Trinajstić information content (AvgIpc) is 3.46. The van der Waals surface area contributed by atoms with Crippen LogP contribution in [0, 0.1) is 5.41 Å². The summed E-state index contributed by atoms with van der Waals surface area (Å²) in [6.07, 6.45) is -1.03. The first-order chi connectivity index (χ1) is 17.4. The number of alkyl halides is 2. The molecule has 1 fully saturated rings. The van der Waals surface area contributed by atoms with Crippen molar-refractivity contribution in [2.45, 2.75) is 63.8 Å². The average molecular weight is 516 g/mol. The normalized spacial score (nSPS) is 21.2. The summed E-state index contributed by atoms with van der Waals surface area (Å²) in [5.41, 5.74) is 3.00. The highest BCUT2D eigenvalue weighted by Gasteiger charge is 2.53. The number of carbonyl (C=O) groups is 1. The maximum absolute atomic E-state index is 13.5. The van der Waals surface area contributed by atoms with Crippen LogP contribution in [0.1, 0.15) is 62.6 Å². The third-order valence-electron chi connectivity index (χ3n) is 7.41. The van der Waals surface area contributed by atoms with Gasteiger partial charge in [0.05, 0.1) is 25.2 Å². The Bertz CT molecular complexity index is 1280. The van der Waals surface area contributed by atoms with Gasteiger partial charge in [-0.25, -0.2) is 0 Å². The number of aliphatic hydroxyl groups excluding tert-OH is 2. The van der Waals surface area contributed by atoms with Crippen LogP contribution in [0.25, 0.3) is 6.08 Å². The van der Waals surface area contributed by atoms with Crippen LogP contribution in [0.2, 0.25) is 0 Å². The predicted octanol–water partition coefficient (Wildman–Crippen LogP) is 4.96. The van der Waals surface area contributed by atoms with Gasteiger partial charge in [-0.2, -0.15) is 0 Å². The number of aliphatic hydroxyl groups is 2. The summed E-state index contributed by atoms with van der Waals surface area (Å²) < 4.78 is 41.7. The summed E-state index contributed by atoms with van der Waals surface area (Å²) in [4.78, 5) is 13.4. The van der Waals surface area contributed by atoms with Gasteiger partial charge in [0.25, 0.3) is 0 Å². The van der Waals surface area contributed by atoms with E-state index in [1.165, 1.54) is 12.1 Å². The molecule has 1 aliphatic heterocycles. The molecule has 9 heteroatoms. The second-order valence-corrected chi connectivity index (χ2v) is 11.0. The summed E-state index contributed by atoms with van der Waals surface area (Å²) in [7, 11) is 1.56. The summed E-state index contributed by atoms with van der Waals surface area (Å²) >= 11 is 0. The number of methoxy groups -OCH3 is 1. The van der Waals surface area contributed by atoms with Gasteiger partial charge in [0.2, 0.25) is 5.91 Å². The second kappa shape index (κ2) is 8.70. The van der Waals surface area contributed by atoms with Crippen molar-refractivity contribution in [1.29, 1.82) is 0 Å². The molecule has 2 aromatic carbocycles. The van der Waals surface area contributed by atoms with Crippen molar-refractivity contribution >= 4 is 17.7 Å². The van der Waals surface area contributed by atoms with Gasteiger partial charge >= 0.3 is 6.29 Å². The van der Waals surface area contributed by atoms with Crippen LogP contribution in [0.15, 0.2) is 35.9 Å². The van der Waals surface area contributed by atoms with E-state index in [1.807, 2.05) is 6.07 Å². The Balaban J connectivity index is 1.44. The smallest absolute Gasteiger partial charge is 0.496 e. The highest BCUT2D eigenvalue weighted by atomic mass is 19.3. The zero-order valence-electron chi connectivity index (χ0n) is 21.2. The lowest BCUT2D eigenvalue weighted by Crippen LogP contribution is -2.28. The molecule has 0 aromatic heterocycles. The van der Waals surface area contributed by atoms with Crippen molar-refractivity contribution in [2.24, 2.45) is 5.41 Å². The number of benzene rings is 2. The number of fused-ring (bicyclic) bond motifs is 2. The van der Waals surface area contributed by atoms with Gasteiger partial charge in [-0.3, -0.25) is 4.79 Å². The molecule has 0 spiro atoms. The third-order valence-corrected chi connectivity index (χ3v) is 7.41. The number of ether oxygens (including phenoxy) is 3. The Morgan fingerprint density at radius 2 is 1.89 bits per heavy atom. The molecule has 5 rings (SSSR count). The lowest BCUT2D eigenvalue weighted by molar-refractivity contribution is -0.286. The van der Waals surface area contributed by atoms with Crippen LogP contribution < -0.4 is 19.5 Å². The van der Waals surface area contributed by atoms with Crippen molar-refractivity contribution < 1.29 is 38.0 Å². The van der Waals surface area contributed by atoms with Crippen LogP contribution in [-0.2, 0) is 10.2 Å². The van der Waals surface area contributed by atoms with Crippen LogP contribution in [0.3, 0.4) is 0 Å². The fourth-order valence-electron chi connectivity index (χ4n) is 5.41. The van der Waals surface area contributed by atoms with Gasteiger partial charge in [0.15, 0.2) is 11.5 Å². The van der Waals surface area contributed by atoms with Crippen molar-refractivity contribution in [1.82, 2.24) is 0 Å². The highest BCUT2D eigenvalue weighted by molar-refractivity contribution is 6.02. The van der Waals surface area contributed by atoms with Crippen LogP contribution in [0.4, 0.5) is 14.5 Å². The van der Waals surface area contributed by atoms with E-state index in [0.717, 1.165) is 16.7 Å². The highest BCUT2D eigenvalue weighted by Crippen LogP contribution is 2.54. The van der Waals surface area contributed by atoms with Crippen LogP contribution in [0.5, 0.6) is 17.2 Å². The number of amides is 1. The zero-order chi connectivity index (χ0) is 26.8. The summed E-state index contributed by atoms with van der Waals surface area (Å²) in [6, 6.07) is 8.10. The second-order valence-electron chi connectivity index (χ2n) is 11.0. The number of halogens is 2. The minimum atomic E-state index is -3.72. The molecule has 2 aromatic rings. The van der Waals surface area contributed by atoms with Gasteiger partial charge in [-0.15, -0.1) is 8.78 Å². The zero-order valence-corrected chi connectivity index (χ0v) is 21.2. The topological polar surface area (TPSA) is 97.3 Å². The first-order valence-electron chi connectivity index (χ1n) is 12.3. The Hall–Kier alpha value is -3.17. The Morgan fingerprint density at radius 3 is 2.51 bits per heavy atom. The number of rotatable bonds is 7. The van der Waals surface area contributed by atoms with Gasteiger partial charge in [-0.05, 0) is 54.0 Å². The summed E-state index contributed by atoms with van der Waals surface area (Å²) in [5, 5.41) is 22.7.